The Hall–Kier alpha value is -2.10. The van der Waals surface area contributed by atoms with Crippen LogP contribution in [0.25, 0.3) is 0 Å². The molecule has 1 aliphatic heterocycles. The van der Waals surface area contributed by atoms with Gasteiger partial charge >= 0.3 is 6.18 Å². The van der Waals surface area contributed by atoms with Crippen molar-refractivity contribution in [1.82, 2.24) is 0 Å². The molecule has 11 heteroatoms. The Balaban J connectivity index is 1.97. The molecule has 1 aliphatic rings. The Morgan fingerprint density at radius 1 is 1.21 bits per heavy atom. The molecule has 0 bridgehead atoms. The third-order valence-corrected chi connectivity index (χ3v) is 8.90. The molecule has 2 aromatic rings. The van der Waals surface area contributed by atoms with Gasteiger partial charge in [-0.05, 0) is 48.4 Å². The fraction of sp³-hybridized carbons (Fsp3) is 0.391. The minimum atomic E-state index is -4.81. The number of benzene rings is 2. The monoisotopic (exact) mass is 534 g/mol. The molecular weight excluding hydrogens is 512 g/mol. The predicted molar refractivity (Wildman–Crippen MR) is 128 cm³/mol. The summed E-state index contributed by atoms with van der Waals surface area (Å²) in [5.74, 6) is -0.401. The Morgan fingerprint density at radius 2 is 1.82 bits per heavy atom. The number of rotatable bonds is 5. The summed E-state index contributed by atoms with van der Waals surface area (Å²) in [6.45, 7) is 6.79. The molecule has 2 aromatic carbocycles. The highest BCUT2D eigenvalue weighted by atomic mass is 35.5. The minimum Gasteiger partial charge on any atom is -0.374 e. The minimum absolute atomic E-state index is 0.0377. The van der Waals surface area contributed by atoms with Crippen LogP contribution in [0.4, 0.5) is 13.2 Å². The van der Waals surface area contributed by atoms with E-state index in [1.165, 1.54) is 24.3 Å². The van der Waals surface area contributed by atoms with Crippen LogP contribution in [0.1, 0.15) is 54.2 Å². The number of amides is 1. The zero-order valence-corrected chi connectivity index (χ0v) is 21.2. The van der Waals surface area contributed by atoms with E-state index in [2.05, 4.69) is 9.52 Å². The van der Waals surface area contributed by atoms with Gasteiger partial charge < -0.3 is 4.84 Å². The van der Waals surface area contributed by atoms with Gasteiger partial charge in [0, 0.05) is 38.6 Å². The maximum atomic E-state index is 14.2. The van der Waals surface area contributed by atoms with E-state index in [-0.39, 0.29) is 37.9 Å². The van der Waals surface area contributed by atoms with Crippen molar-refractivity contribution in [3.05, 3.63) is 68.7 Å². The van der Waals surface area contributed by atoms with E-state index in [0.717, 1.165) is 12.1 Å². The van der Waals surface area contributed by atoms with E-state index in [1.807, 2.05) is 0 Å². The molecule has 2 atom stereocenters. The Bertz CT molecular complexity index is 1260. The van der Waals surface area contributed by atoms with Gasteiger partial charge in [0.05, 0.1) is 15.4 Å². The summed E-state index contributed by atoms with van der Waals surface area (Å²) in [7, 11) is -2.72. The van der Waals surface area contributed by atoms with Gasteiger partial charge in [-0.1, -0.05) is 55.2 Å². The first-order chi connectivity index (χ1) is 15.7. The van der Waals surface area contributed by atoms with Crippen molar-refractivity contribution in [2.45, 2.75) is 51.1 Å². The highest BCUT2D eigenvalue weighted by molar-refractivity contribution is 7.94. The van der Waals surface area contributed by atoms with E-state index in [9.17, 15) is 22.2 Å². The van der Waals surface area contributed by atoms with Gasteiger partial charge in [-0.15, -0.1) is 0 Å². The number of halogens is 5. The smallest absolute Gasteiger partial charge is 0.374 e. The normalized spacial score (nSPS) is 20.0. The zero-order chi connectivity index (χ0) is 25.5. The predicted octanol–water partition coefficient (Wildman–Crippen LogP) is 6.92. The number of aryl methyl sites for hydroxylation is 1. The Morgan fingerprint density at radius 3 is 2.32 bits per heavy atom. The average molecular weight is 535 g/mol. The third kappa shape index (κ3) is 4.97. The topological polar surface area (TPSA) is 68.1 Å². The summed E-state index contributed by atoms with van der Waals surface area (Å²) in [6.07, 6.45) is -5.42. The highest BCUT2D eigenvalue weighted by Crippen LogP contribution is 2.49. The van der Waals surface area contributed by atoms with E-state index in [0.29, 0.717) is 11.1 Å². The second-order valence-corrected chi connectivity index (χ2v) is 12.2. The molecule has 0 spiro atoms. The van der Waals surface area contributed by atoms with Gasteiger partial charge in [0.25, 0.3) is 11.5 Å². The molecular formula is C23H23Cl2F3N2O3S. The summed E-state index contributed by atoms with van der Waals surface area (Å²) in [5.41, 5.74) is -1.93. The standard InChI is InChI=1S/C23H23Cl2F3N2O3S/c1-5-34(32,13(2)3)30-21(31)19-7-6-15(8-14(19)4)20-12-22(33-29-20,23(26,27)28)16-9-17(24)11-18(25)10-16/h6-11,13H,5,12H2,1-4H3. The van der Waals surface area contributed by atoms with Crippen molar-refractivity contribution in [2.75, 3.05) is 5.75 Å². The number of oxime groups is 1. The van der Waals surface area contributed by atoms with Crippen LogP contribution in [0, 0.1) is 6.92 Å². The van der Waals surface area contributed by atoms with Crippen molar-refractivity contribution in [3.8, 4) is 0 Å². The third-order valence-electron chi connectivity index (χ3n) is 5.69. The molecule has 0 saturated carbocycles. The number of carbonyl (C=O) groups excluding carboxylic acids is 1. The Kier molecular flexibility index (Phi) is 7.41. The van der Waals surface area contributed by atoms with Crippen LogP contribution in [0.5, 0.6) is 0 Å². The molecule has 0 aliphatic carbocycles. The van der Waals surface area contributed by atoms with Crippen molar-refractivity contribution >= 4 is 44.5 Å². The number of alkyl halides is 3. The van der Waals surface area contributed by atoms with Gasteiger partial charge in [0.15, 0.2) is 0 Å². The van der Waals surface area contributed by atoms with Crippen molar-refractivity contribution in [2.24, 2.45) is 9.52 Å². The molecule has 0 fully saturated rings. The van der Waals surface area contributed by atoms with E-state index < -0.39 is 33.8 Å². The highest BCUT2D eigenvalue weighted by Gasteiger charge is 2.62. The molecule has 0 saturated heterocycles. The first-order valence-corrected chi connectivity index (χ1v) is 12.9. The summed E-state index contributed by atoms with van der Waals surface area (Å²) in [5, 5.41) is 3.50. The Labute approximate surface area is 206 Å². The first kappa shape index (κ1) is 26.5. The average Bonchev–Trinajstić information content (AvgIpc) is 3.19. The lowest BCUT2D eigenvalue weighted by atomic mass is 9.86. The molecule has 0 radical (unpaired) electrons. The number of hydrogen-bond acceptors (Lipinski definition) is 4. The fourth-order valence-electron chi connectivity index (χ4n) is 3.62. The molecule has 1 amide bonds. The van der Waals surface area contributed by atoms with Crippen molar-refractivity contribution in [3.63, 3.8) is 0 Å². The second kappa shape index (κ2) is 9.51. The van der Waals surface area contributed by atoms with Gasteiger partial charge in [-0.2, -0.15) is 17.5 Å². The molecule has 5 nitrogen and oxygen atoms in total. The lowest BCUT2D eigenvalue weighted by molar-refractivity contribution is -0.275. The molecule has 0 N–H and O–H groups in total. The van der Waals surface area contributed by atoms with Crippen molar-refractivity contribution in [1.29, 1.82) is 0 Å². The zero-order valence-electron chi connectivity index (χ0n) is 18.9. The lowest BCUT2D eigenvalue weighted by Gasteiger charge is -2.29. The largest absolute Gasteiger partial charge is 0.435 e. The number of hydrogen-bond donors (Lipinski definition) is 0. The maximum absolute atomic E-state index is 14.2. The molecule has 34 heavy (non-hydrogen) atoms. The lowest BCUT2D eigenvalue weighted by Crippen LogP contribution is -2.42. The quantitative estimate of drug-likeness (QED) is 0.418. The van der Waals surface area contributed by atoms with Crippen LogP contribution in [0.15, 0.2) is 45.9 Å². The number of nitrogens with zero attached hydrogens (tertiary/aromatic N) is 2. The van der Waals surface area contributed by atoms with E-state index in [1.54, 1.807) is 27.7 Å². The SMILES string of the molecule is CCS(=O)(=NC(=O)c1ccc(C2=NOC(c3cc(Cl)cc(Cl)c3)(C(F)(F)F)C2)cc1C)C(C)C. The van der Waals surface area contributed by atoms with Gasteiger partial charge in [-0.25, -0.2) is 4.21 Å². The first-order valence-electron chi connectivity index (χ1n) is 10.4. The summed E-state index contributed by atoms with van der Waals surface area (Å²) in [6, 6.07) is 8.07. The summed E-state index contributed by atoms with van der Waals surface area (Å²) < 4.78 is 59.4. The second-order valence-electron chi connectivity index (χ2n) is 8.24. The van der Waals surface area contributed by atoms with Crippen LogP contribution in [0.2, 0.25) is 10.0 Å². The van der Waals surface area contributed by atoms with Crippen LogP contribution in [-0.2, 0) is 20.2 Å². The molecule has 184 valence electrons. The molecule has 1 heterocycles. The van der Waals surface area contributed by atoms with Crippen LogP contribution < -0.4 is 0 Å². The fourth-order valence-corrected chi connectivity index (χ4v) is 5.53. The summed E-state index contributed by atoms with van der Waals surface area (Å²) in [4.78, 5) is 17.7. The van der Waals surface area contributed by atoms with E-state index in [4.69, 9.17) is 28.0 Å². The molecule has 2 unspecified atom stereocenters. The summed E-state index contributed by atoms with van der Waals surface area (Å²) >= 11 is 11.9. The molecule has 3 rings (SSSR count). The molecule has 0 aromatic heterocycles. The number of carbonyl (C=O) groups is 1. The van der Waals surface area contributed by atoms with Crippen molar-refractivity contribution < 1.29 is 27.0 Å². The van der Waals surface area contributed by atoms with Crippen LogP contribution >= 0.6 is 23.2 Å². The van der Waals surface area contributed by atoms with Crippen LogP contribution in [0.3, 0.4) is 0 Å². The van der Waals surface area contributed by atoms with Gasteiger partial charge in [-0.3, -0.25) is 4.79 Å². The maximum Gasteiger partial charge on any atom is 0.435 e. The van der Waals surface area contributed by atoms with E-state index >= 15 is 0 Å². The van der Waals surface area contributed by atoms with Gasteiger partial charge in [0.1, 0.15) is 0 Å². The van der Waals surface area contributed by atoms with Crippen LogP contribution in [-0.4, -0.2) is 33.0 Å². The van der Waals surface area contributed by atoms with Gasteiger partial charge in [0.2, 0.25) is 0 Å².